The number of hydrogen-bond donors (Lipinski definition) is 4. The van der Waals surface area contributed by atoms with Crippen LogP contribution in [0.5, 0.6) is 0 Å². The fraction of sp³-hybridized carbons (Fsp3) is 0.625. The van der Waals surface area contributed by atoms with Crippen LogP contribution in [0.3, 0.4) is 0 Å². The summed E-state index contributed by atoms with van der Waals surface area (Å²) in [5, 5.41) is 35.4. The number of carboxylic acids is 2. The highest BCUT2D eigenvalue weighted by Gasteiger charge is 2.56. The Kier molecular flexibility index (Phi) is 5.91. The van der Waals surface area contributed by atoms with Crippen LogP contribution in [0.4, 0.5) is 0 Å². The smallest absolute Gasteiger partial charge is 0.327 e. The fourth-order valence-corrected chi connectivity index (χ4v) is 4.17. The van der Waals surface area contributed by atoms with Crippen LogP contribution in [0.25, 0.3) is 0 Å². The minimum absolute atomic E-state index is 0.487. The monoisotopic (exact) mass is 312 g/mol. The summed E-state index contributed by atoms with van der Waals surface area (Å²) in [4.78, 5) is 18.5. The molecule has 0 aromatic carbocycles. The molecule has 4 N–H and O–H groups in total. The van der Waals surface area contributed by atoms with Crippen LogP contribution >= 0.6 is 0 Å². The summed E-state index contributed by atoms with van der Waals surface area (Å²) in [6.07, 6.45) is 7.37. The van der Waals surface area contributed by atoms with Gasteiger partial charge in [0.05, 0.1) is 11.2 Å². The number of rotatable bonds is 2. The van der Waals surface area contributed by atoms with E-state index in [2.05, 4.69) is 13.2 Å². The zero-order chi connectivity index (χ0) is 17.0. The second-order valence-corrected chi connectivity index (χ2v) is 6.49. The van der Waals surface area contributed by atoms with Crippen LogP contribution in [0.15, 0.2) is 25.3 Å². The Morgan fingerprint density at radius 3 is 1.32 bits per heavy atom. The summed E-state index contributed by atoms with van der Waals surface area (Å²) in [6, 6.07) is 0. The van der Waals surface area contributed by atoms with Crippen molar-refractivity contribution >= 4 is 11.9 Å². The molecule has 0 aliphatic heterocycles. The Morgan fingerprint density at radius 1 is 0.864 bits per heavy atom. The predicted octanol–water partition coefficient (Wildman–Crippen LogP) is 1.58. The molecule has 0 amide bonds. The molecule has 4 aliphatic carbocycles. The highest BCUT2D eigenvalue weighted by atomic mass is 16.4. The third kappa shape index (κ3) is 5.27. The molecule has 4 aliphatic rings. The highest BCUT2D eigenvalue weighted by Crippen LogP contribution is 2.57. The maximum absolute atomic E-state index is 10.1. The normalized spacial score (nSPS) is 37.0. The van der Waals surface area contributed by atoms with Gasteiger partial charge in [0.15, 0.2) is 0 Å². The maximum atomic E-state index is 10.1. The Labute approximate surface area is 129 Å². The van der Waals surface area contributed by atoms with Gasteiger partial charge in [0, 0.05) is 18.6 Å². The molecule has 4 saturated carbocycles. The van der Waals surface area contributed by atoms with Crippen LogP contribution in [0, 0.1) is 11.8 Å². The standard InChI is InChI=1S/C10H16O2.2C3H4O2/c11-9-2-7-1-8(4-9)5-10(12,3-7)6-9;2*1-2-3(4)5/h7-8,11-12H,1-6H2;2*2H,1H2,(H,4,5). The van der Waals surface area contributed by atoms with Crippen LogP contribution in [-0.4, -0.2) is 43.6 Å². The number of carboxylic acid groups (broad SMARTS) is 2. The van der Waals surface area contributed by atoms with Crippen LogP contribution in [0.1, 0.15) is 38.5 Å². The van der Waals surface area contributed by atoms with E-state index in [-0.39, 0.29) is 0 Å². The second kappa shape index (κ2) is 7.07. The Balaban J connectivity index is 0.000000206. The lowest BCUT2D eigenvalue weighted by Gasteiger charge is -2.58. The van der Waals surface area contributed by atoms with Gasteiger partial charge in [0.25, 0.3) is 0 Å². The van der Waals surface area contributed by atoms with Crippen LogP contribution in [-0.2, 0) is 9.59 Å². The van der Waals surface area contributed by atoms with E-state index < -0.39 is 23.1 Å². The van der Waals surface area contributed by atoms with E-state index in [0.717, 1.165) is 37.8 Å². The third-order valence-electron chi connectivity index (χ3n) is 4.35. The van der Waals surface area contributed by atoms with Crippen LogP contribution in [0.2, 0.25) is 0 Å². The molecule has 0 saturated heterocycles. The molecule has 0 aromatic rings. The minimum atomic E-state index is -0.981. The van der Waals surface area contributed by atoms with Gasteiger partial charge in [-0.25, -0.2) is 9.59 Å². The van der Waals surface area contributed by atoms with Crippen molar-refractivity contribution in [1.29, 1.82) is 0 Å². The van der Waals surface area contributed by atoms with Gasteiger partial charge in [-0.3, -0.25) is 0 Å². The van der Waals surface area contributed by atoms with E-state index >= 15 is 0 Å². The first-order chi connectivity index (χ1) is 10.1. The first kappa shape index (κ1) is 18.4. The predicted molar refractivity (Wildman–Crippen MR) is 80.2 cm³/mol. The van der Waals surface area contributed by atoms with Gasteiger partial charge < -0.3 is 20.4 Å². The van der Waals surface area contributed by atoms with E-state index in [4.69, 9.17) is 10.2 Å². The molecule has 6 nitrogen and oxygen atoms in total. The lowest BCUT2D eigenvalue weighted by Crippen LogP contribution is -2.58. The molecule has 6 heteroatoms. The van der Waals surface area contributed by atoms with Gasteiger partial charge in [0.1, 0.15) is 0 Å². The zero-order valence-electron chi connectivity index (χ0n) is 12.6. The molecular formula is C16H24O6. The lowest BCUT2D eigenvalue weighted by atomic mass is 9.52. The molecule has 22 heavy (non-hydrogen) atoms. The Morgan fingerprint density at radius 2 is 1.14 bits per heavy atom. The largest absolute Gasteiger partial charge is 0.478 e. The van der Waals surface area contributed by atoms with Crippen molar-refractivity contribution in [2.24, 2.45) is 11.8 Å². The van der Waals surface area contributed by atoms with Crippen LogP contribution < -0.4 is 0 Å². The van der Waals surface area contributed by atoms with Crippen molar-refractivity contribution in [2.75, 3.05) is 0 Å². The number of aliphatic carboxylic acids is 2. The summed E-state index contributed by atoms with van der Waals surface area (Å²) in [5.74, 6) is -0.738. The topological polar surface area (TPSA) is 115 Å². The molecule has 0 radical (unpaired) electrons. The Bertz CT molecular complexity index is 404. The average Bonchev–Trinajstić information content (AvgIpc) is 2.35. The molecule has 4 fully saturated rings. The summed E-state index contributed by atoms with van der Waals surface area (Å²) < 4.78 is 0. The van der Waals surface area contributed by atoms with E-state index in [1.165, 1.54) is 6.42 Å². The van der Waals surface area contributed by atoms with E-state index in [0.29, 0.717) is 18.3 Å². The number of hydrogen-bond acceptors (Lipinski definition) is 4. The first-order valence-electron chi connectivity index (χ1n) is 7.27. The van der Waals surface area contributed by atoms with Crippen molar-refractivity contribution in [3.8, 4) is 0 Å². The van der Waals surface area contributed by atoms with Crippen molar-refractivity contribution in [1.82, 2.24) is 0 Å². The summed E-state index contributed by atoms with van der Waals surface area (Å²) in [6.45, 7) is 5.92. The molecular weight excluding hydrogens is 288 g/mol. The van der Waals surface area contributed by atoms with E-state index in [9.17, 15) is 19.8 Å². The van der Waals surface area contributed by atoms with Crippen molar-refractivity contribution < 1.29 is 30.0 Å². The lowest BCUT2D eigenvalue weighted by molar-refractivity contribution is -0.198. The molecule has 0 atom stereocenters. The molecule has 0 heterocycles. The molecule has 0 unspecified atom stereocenters. The Hall–Kier alpha value is -1.66. The van der Waals surface area contributed by atoms with Crippen molar-refractivity contribution in [3.63, 3.8) is 0 Å². The zero-order valence-corrected chi connectivity index (χ0v) is 12.6. The van der Waals surface area contributed by atoms with Gasteiger partial charge in [0.2, 0.25) is 0 Å². The fourth-order valence-electron chi connectivity index (χ4n) is 4.17. The molecule has 4 rings (SSSR count). The van der Waals surface area contributed by atoms with Gasteiger partial charge >= 0.3 is 11.9 Å². The maximum Gasteiger partial charge on any atom is 0.327 e. The molecule has 4 bridgehead atoms. The molecule has 124 valence electrons. The average molecular weight is 312 g/mol. The molecule has 0 spiro atoms. The van der Waals surface area contributed by atoms with E-state index in [1.54, 1.807) is 0 Å². The summed E-state index contributed by atoms with van der Waals surface area (Å²) in [7, 11) is 0. The third-order valence-corrected chi connectivity index (χ3v) is 4.35. The van der Waals surface area contributed by atoms with E-state index in [1.807, 2.05) is 0 Å². The molecule has 0 aromatic heterocycles. The van der Waals surface area contributed by atoms with Crippen molar-refractivity contribution in [3.05, 3.63) is 25.3 Å². The van der Waals surface area contributed by atoms with Gasteiger partial charge in [-0.05, 0) is 43.9 Å². The summed E-state index contributed by atoms with van der Waals surface area (Å²) in [5.41, 5.74) is -0.975. The van der Waals surface area contributed by atoms with Gasteiger partial charge in [-0.2, -0.15) is 0 Å². The quantitative estimate of drug-likeness (QED) is 0.575. The van der Waals surface area contributed by atoms with Crippen molar-refractivity contribution in [2.45, 2.75) is 49.7 Å². The van der Waals surface area contributed by atoms with Gasteiger partial charge in [-0.15, -0.1) is 0 Å². The highest BCUT2D eigenvalue weighted by molar-refractivity contribution is 5.79. The summed E-state index contributed by atoms with van der Waals surface area (Å²) >= 11 is 0. The van der Waals surface area contributed by atoms with Gasteiger partial charge in [-0.1, -0.05) is 13.2 Å². The first-order valence-corrected chi connectivity index (χ1v) is 7.27. The SMILES string of the molecule is C=CC(=O)O.C=CC(=O)O.OC12CC3CC(C1)CC(O)(C3)C2. The number of carbonyl (C=O) groups is 2. The second-order valence-electron chi connectivity index (χ2n) is 6.49. The minimum Gasteiger partial charge on any atom is -0.478 e. The number of aliphatic hydroxyl groups is 2.